The smallest absolute Gasteiger partial charge is 0.137 e. The standard InChI is InChI=1S/C14H15FO2/c1-9-4-3-5-12(14(9)15)13-7-6-11(17-13)8-10(2)16/h3-7,10,16H,8H2,1-2H3. The van der Waals surface area contributed by atoms with Crippen LogP contribution in [0.15, 0.2) is 34.7 Å². The van der Waals surface area contributed by atoms with Crippen LogP contribution in [0, 0.1) is 12.7 Å². The lowest BCUT2D eigenvalue weighted by molar-refractivity contribution is 0.187. The van der Waals surface area contributed by atoms with Crippen molar-refractivity contribution in [3.05, 3.63) is 47.5 Å². The number of hydrogen-bond acceptors (Lipinski definition) is 2. The van der Waals surface area contributed by atoms with Crippen LogP contribution in [0.3, 0.4) is 0 Å². The first-order valence-electron chi connectivity index (χ1n) is 5.60. The molecule has 0 saturated carbocycles. The molecule has 2 rings (SSSR count). The Morgan fingerprint density at radius 3 is 2.76 bits per heavy atom. The second-order valence-corrected chi connectivity index (χ2v) is 4.26. The Bertz CT molecular complexity index is 515. The molecular formula is C14H15FO2. The van der Waals surface area contributed by atoms with Crippen molar-refractivity contribution in [3.8, 4) is 11.3 Å². The second-order valence-electron chi connectivity index (χ2n) is 4.26. The highest BCUT2D eigenvalue weighted by molar-refractivity contribution is 5.59. The van der Waals surface area contributed by atoms with E-state index >= 15 is 0 Å². The third kappa shape index (κ3) is 2.56. The first-order chi connectivity index (χ1) is 8.08. The fourth-order valence-electron chi connectivity index (χ4n) is 1.76. The zero-order valence-corrected chi connectivity index (χ0v) is 9.90. The van der Waals surface area contributed by atoms with E-state index in [0.29, 0.717) is 29.1 Å². The molecule has 1 aromatic heterocycles. The van der Waals surface area contributed by atoms with E-state index in [4.69, 9.17) is 4.42 Å². The first kappa shape index (κ1) is 11.9. The van der Waals surface area contributed by atoms with Gasteiger partial charge in [0.2, 0.25) is 0 Å². The van der Waals surface area contributed by atoms with Crippen molar-refractivity contribution >= 4 is 0 Å². The molecule has 2 aromatic rings. The van der Waals surface area contributed by atoms with Crippen molar-refractivity contribution in [1.29, 1.82) is 0 Å². The van der Waals surface area contributed by atoms with E-state index in [0.717, 1.165) is 0 Å². The summed E-state index contributed by atoms with van der Waals surface area (Å²) in [6.45, 7) is 3.41. The van der Waals surface area contributed by atoms with Gasteiger partial charge in [0.15, 0.2) is 0 Å². The summed E-state index contributed by atoms with van der Waals surface area (Å²) in [4.78, 5) is 0. The molecule has 1 atom stereocenters. The van der Waals surface area contributed by atoms with Crippen molar-refractivity contribution < 1.29 is 13.9 Å². The van der Waals surface area contributed by atoms with Crippen LogP contribution in [-0.2, 0) is 6.42 Å². The molecule has 90 valence electrons. The fraction of sp³-hybridized carbons (Fsp3) is 0.286. The van der Waals surface area contributed by atoms with E-state index in [1.807, 2.05) is 0 Å². The second kappa shape index (κ2) is 4.72. The molecule has 0 aliphatic rings. The first-order valence-corrected chi connectivity index (χ1v) is 5.60. The molecule has 2 nitrogen and oxygen atoms in total. The average molecular weight is 234 g/mol. The zero-order valence-electron chi connectivity index (χ0n) is 9.90. The molecule has 0 spiro atoms. The zero-order chi connectivity index (χ0) is 12.4. The van der Waals surface area contributed by atoms with Gasteiger partial charge in [-0.1, -0.05) is 12.1 Å². The van der Waals surface area contributed by atoms with Crippen molar-refractivity contribution in [2.24, 2.45) is 0 Å². The lowest BCUT2D eigenvalue weighted by Crippen LogP contribution is -2.02. The minimum absolute atomic E-state index is 0.259. The van der Waals surface area contributed by atoms with Gasteiger partial charge < -0.3 is 9.52 Å². The summed E-state index contributed by atoms with van der Waals surface area (Å²) in [5, 5.41) is 9.25. The number of rotatable bonds is 3. The highest BCUT2D eigenvalue weighted by Gasteiger charge is 2.12. The monoisotopic (exact) mass is 234 g/mol. The third-order valence-corrected chi connectivity index (χ3v) is 2.62. The Hall–Kier alpha value is -1.61. The van der Waals surface area contributed by atoms with Crippen LogP contribution in [0.5, 0.6) is 0 Å². The number of benzene rings is 1. The third-order valence-electron chi connectivity index (χ3n) is 2.62. The van der Waals surface area contributed by atoms with Crippen LogP contribution in [0.4, 0.5) is 4.39 Å². The predicted molar refractivity (Wildman–Crippen MR) is 64.2 cm³/mol. The molecule has 1 N–H and O–H groups in total. The van der Waals surface area contributed by atoms with Gasteiger partial charge in [0.05, 0.1) is 11.7 Å². The normalized spacial score (nSPS) is 12.7. The van der Waals surface area contributed by atoms with Crippen LogP contribution in [0.1, 0.15) is 18.2 Å². The van der Waals surface area contributed by atoms with Gasteiger partial charge in [-0.2, -0.15) is 0 Å². The minimum Gasteiger partial charge on any atom is -0.461 e. The Morgan fingerprint density at radius 2 is 2.06 bits per heavy atom. The molecule has 0 amide bonds. The minimum atomic E-state index is -0.462. The highest BCUT2D eigenvalue weighted by atomic mass is 19.1. The molecule has 1 aromatic carbocycles. The van der Waals surface area contributed by atoms with Crippen molar-refractivity contribution in [2.45, 2.75) is 26.4 Å². The van der Waals surface area contributed by atoms with Crippen molar-refractivity contribution in [3.63, 3.8) is 0 Å². The van der Waals surface area contributed by atoms with E-state index in [1.165, 1.54) is 0 Å². The summed E-state index contributed by atoms with van der Waals surface area (Å²) in [5.41, 5.74) is 1.05. The number of furan rings is 1. The molecule has 0 aliphatic carbocycles. The summed E-state index contributed by atoms with van der Waals surface area (Å²) >= 11 is 0. The molecule has 0 aliphatic heterocycles. The highest BCUT2D eigenvalue weighted by Crippen LogP contribution is 2.26. The lowest BCUT2D eigenvalue weighted by atomic mass is 10.1. The maximum Gasteiger partial charge on any atom is 0.137 e. The Balaban J connectivity index is 2.34. The molecule has 0 radical (unpaired) electrons. The molecule has 1 heterocycles. The summed E-state index contributed by atoms with van der Waals surface area (Å²) in [7, 11) is 0. The summed E-state index contributed by atoms with van der Waals surface area (Å²) in [5.74, 6) is 0.906. The molecule has 3 heteroatoms. The molecule has 0 bridgehead atoms. The van der Waals surface area contributed by atoms with Crippen molar-refractivity contribution in [1.82, 2.24) is 0 Å². The quantitative estimate of drug-likeness (QED) is 0.883. The number of aliphatic hydroxyl groups excluding tert-OH is 1. The number of hydrogen-bond donors (Lipinski definition) is 1. The topological polar surface area (TPSA) is 33.4 Å². The SMILES string of the molecule is Cc1cccc(-c2ccc(CC(C)O)o2)c1F. The van der Waals surface area contributed by atoms with Crippen LogP contribution in [-0.4, -0.2) is 11.2 Å². The Morgan fingerprint density at radius 1 is 1.29 bits per heavy atom. The van der Waals surface area contributed by atoms with Gasteiger partial charge in [0.1, 0.15) is 17.3 Å². The van der Waals surface area contributed by atoms with Gasteiger partial charge in [-0.3, -0.25) is 0 Å². The average Bonchev–Trinajstić information content (AvgIpc) is 2.69. The van der Waals surface area contributed by atoms with Gasteiger partial charge in [-0.25, -0.2) is 4.39 Å². The van der Waals surface area contributed by atoms with Gasteiger partial charge in [-0.15, -0.1) is 0 Å². The molecule has 17 heavy (non-hydrogen) atoms. The largest absolute Gasteiger partial charge is 0.461 e. The van der Waals surface area contributed by atoms with Crippen LogP contribution < -0.4 is 0 Å². The Labute approximate surface area is 99.7 Å². The van der Waals surface area contributed by atoms with Crippen molar-refractivity contribution in [2.75, 3.05) is 0 Å². The van der Waals surface area contributed by atoms with Gasteiger partial charge in [0.25, 0.3) is 0 Å². The molecular weight excluding hydrogens is 219 g/mol. The van der Waals surface area contributed by atoms with Crippen LogP contribution in [0.2, 0.25) is 0 Å². The number of aliphatic hydroxyl groups is 1. The van der Waals surface area contributed by atoms with Gasteiger partial charge in [-0.05, 0) is 37.6 Å². The Kier molecular flexibility index (Phi) is 3.29. The molecule has 1 unspecified atom stereocenters. The fourth-order valence-corrected chi connectivity index (χ4v) is 1.76. The molecule has 0 saturated heterocycles. The van der Waals surface area contributed by atoms with E-state index in [1.54, 1.807) is 44.2 Å². The summed E-state index contributed by atoms with van der Waals surface area (Å²) < 4.78 is 19.4. The lowest BCUT2D eigenvalue weighted by Gasteiger charge is -2.03. The maximum absolute atomic E-state index is 13.8. The summed E-state index contributed by atoms with van der Waals surface area (Å²) in [6, 6.07) is 8.70. The van der Waals surface area contributed by atoms with E-state index < -0.39 is 6.10 Å². The molecule has 0 fully saturated rings. The summed E-state index contributed by atoms with van der Waals surface area (Å²) in [6.07, 6.45) is -0.0238. The van der Waals surface area contributed by atoms with E-state index in [2.05, 4.69) is 0 Å². The van der Waals surface area contributed by atoms with Crippen LogP contribution in [0.25, 0.3) is 11.3 Å². The van der Waals surface area contributed by atoms with E-state index in [-0.39, 0.29) is 5.82 Å². The maximum atomic E-state index is 13.8. The number of halogens is 1. The number of aryl methyl sites for hydroxylation is 1. The van der Waals surface area contributed by atoms with E-state index in [9.17, 15) is 9.50 Å². The predicted octanol–water partition coefficient (Wildman–Crippen LogP) is 3.32. The van der Waals surface area contributed by atoms with Gasteiger partial charge >= 0.3 is 0 Å². The van der Waals surface area contributed by atoms with Gasteiger partial charge in [0, 0.05) is 6.42 Å². The van der Waals surface area contributed by atoms with Crippen LogP contribution >= 0.6 is 0 Å².